The minimum absolute atomic E-state index is 0.313. The topological polar surface area (TPSA) is 40.7 Å². The molecule has 0 amide bonds. The molecule has 0 spiro atoms. The van der Waals surface area contributed by atoms with Crippen LogP contribution in [0.3, 0.4) is 0 Å². The van der Waals surface area contributed by atoms with E-state index in [9.17, 15) is 4.39 Å². The fourth-order valence-corrected chi connectivity index (χ4v) is 2.44. The molecule has 0 saturated heterocycles. The number of hydrogen-bond donors (Lipinski definition) is 2. The number of halogens is 2. The van der Waals surface area contributed by atoms with E-state index in [1.807, 2.05) is 6.92 Å². The van der Waals surface area contributed by atoms with E-state index in [1.165, 1.54) is 17.4 Å². The Bertz CT molecular complexity index is 578. The van der Waals surface area contributed by atoms with Gasteiger partial charge in [0.25, 0.3) is 0 Å². The summed E-state index contributed by atoms with van der Waals surface area (Å²) in [5, 5.41) is 10.2. The molecule has 1 aromatic carbocycles. The molecule has 1 aromatic heterocycles. The highest BCUT2D eigenvalue weighted by molar-refractivity contribution is 9.10. The molecule has 1 heterocycles. The minimum Gasteiger partial charge on any atom is -0.330 e. The van der Waals surface area contributed by atoms with Gasteiger partial charge < -0.3 is 5.32 Å². The number of aromatic nitrogens is 2. The SMILES string of the molecule is Cc1cc(Br)c(F)cc1Nc1n[nH]c(=S)s1. The van der Waals surface area contributed by atoms with E-state index < -0.39 is 0 Å². The van der Waals surface area contributed by atoms with Gasteiger partial charge >= 0.3 is 0 Å². The Morgan fingerprint density at radius 3 is 2.94 bits per heavy atom. The Kier molecular flexibility index (Phi) is 3.36. The molecule has 0 saturated carbocycles. The summed E-state index contributed by atoms with van der Waals surface area (Å²) in [5.74, 6) is -0.313. The molecule has 0 unspecified atom stereocenters. The zero-order chi connectivity index (χ0) is 11.7. The molecule has 2 aromatic rings. The number of benzene rings is 1. The van der Waals surface area contributed by atoms with Crippen LogP contribution in [-0.2, 0) is 0 Å². The van der Waals surface area contributed by atoms with Crippen molar-refractivity contribution in [2.24, 2.45) is 0 Å². The Morgan fingerprint density at radius 2 is 2.31 bits per heavy atom. The maximum absolute atomic E-state index is 13.3. The third-order valence-corrected chi connectivity index (χ3v) is 3.56. The molecule has 0 atom stereocenters. The summed E-state index contributed by atoms with van der Waals surface area (Å²) in [4.78, 5) is 0. The van der Waals surface area contributed by atoms with Crippen LogP contribution < -0.4 is 5.32 Å². The van der Waals surface area contributed by atoms with Crippen molar-refractivity contribution in [3.05, 3.63) is 31.9 Å². The van der Waals surface area contributed by atoms with Crippen LogP contribution in [0, 0.1) is 16.7 Å². The first kappa shape index (κ1) is 11.7. The molecule has 0 aliphatic heterocycles. The van der Waals surface area contributed by atoms with Gasteiger partial charge in [-0.1, -0.05) is 11.3 Å². The van der Waals surface area contributed by atoms with E-state index in [2.05, 4.69) is 31.4 Å². The second-order valence-electron chi connectivity index (χ2n) is 3.12. The summed E-state index contributed by atoms with van der Waals surface area (Å²) >= 11 is 9.34. The highest BCUT2D eigenvalue weighted by Gasteiger charge is 2.06. The molecule has 0 radical (unpaired) electrons. The predicted octanol–water partition coefficient (Wildman–Crippen LogP) is 4.15. The van der Waals surface area contributed by atoms with Gasteiger partial charge in [-0.3, -0.25) is 5.10 Å². The van der Waals surface area contributed by atoms with Gasteiger partial charge in [-0.2, -0.15) is 0 Å². The van der Waals surface area contributed by atoms with Crippen molar-refractivity contribution < 1.29 is 4.39 Å². The standard InChI is InChI=1S/C9H7BrFN3S2/c1-4-2-5(10)6(11)3-7(4)12-8-13-14-9(15)16-8/h2-3H,1H3,(H,12,13)(H,14,15). The normalized spacial score (nSPS) is 10.4. The molecule has 3 nitrogen and oxygen atoms in total. The van der Waals surface area contributed by atoms with Gasteiger partial charge in [-0.15, -0.1) is 5.10 Å². The number of nitrogens with one attached hydrogen (secondary N) is 2. The van der Waals surface area contributed by atoms with Gasteiger partial charge in [0.05, 0.1) is 4.47 Å². The van der Waals surface area contributed by atoms with Crippen molar-refractivity contribution in [3.8, 4) is 0 Å². The van der Waals surface area contributed by atoms with E-state index in [0.29, 0.717) is 19.2 Å². The van der Waals surface area contributed by atoms with E-state index in [4.69, 9.17) is 12.2 Å². The highest BCUT2D eigenvalue weighted by atomic mass is 79.9. The number of H-pyrrole nitrogens is 1. The third kappa shape index (κ3) is 2.47. The van der Waals surface area contributed by atoms with Crippen molar-refractivity contribution in [3.63, 3.8) is 0 Å². The summed E-state index contributed by atoms with van der Waals surface area (Å²) in [6.07, 6.45) is 0. The van der Waals surface area contributed by atoms with Gasteiger partial charge in [-0.25, -0.2) is 4.39 Å². The fourth-order valence-electron chi connectivity index (χ4n) is 1.18. The van der Waals surface area contributed by atoms with Crippen LogP contribution in [0.25, 0.3) is 0 Å². The van der Waals surface area contributed by atoms with E-state index in [-0.39, 0.29) is 5.82 Å². The molecular weight excluding hydrogens is 313 g/mol. The second kappa shape index (κ2) is 4.60. The molecule has 0 fully saturated rings. The van der Waals surface area contributed by atoms with E-state index in [1.54, 1.807) is 6.07 Å². The van der Waals surface area contributed by atoms with Gasteiger partial charge in [-0.05, 0) is 52.8 Å². The molecule has 0 aliphatic rings. The Morgan fingerprint density at radius 1 is 1.56 bits per heavy atom. The molecule has 84 valence electrons. The minimum atomic E-state index is -0.313. The first-order valence-electron chi connectivity index (χ1n) is 4.34. The van der Waals surface area contributed by atoms with Crippen LogP contribution in [0.4, 0.5) is 15.2 Å². The van der Waals surface area contributed by atoms with Crippen LogP contribution in [0.1, 0.15) is 5.56 Å². The lowest BCUT2D eigenvalue weighted by Crippen LogP contribution is -1.94. The zero-order valence-corrected chi connectivity index (χ0v) is 11.4. The van der Waals surface area contributed by atoms with Gasteiger partial charge in [0.2, 0.25) is 5.13 Å². The second-order valence-corrected chi connectivity index (χ2v) is 5.64. The van der Waals surface area contributed by atoms with Crippen LogP contribution >= 0.6 is 39.5 Å². The first-order chi connectivity index (χ1) is 7.56. The van der Waals surface area contributed by atoms with Crippen molar-refractivity contribution in [1.82, 2.24) is 10.2 Å². The van der Waals surface area contributed by atoms with Gasteiger partial charge in [0, 0.05) is 5.69 Å². The lowest BCUT2D eigenvalue weighted by molar-refractivity contribution is 0.621. The monoisotopic (exact) mass is 319 g/mol. The summed E-state index contributed by atoms with van der Waals surface area (Å²) in [7, 11) is 0. The number of aryl methyl sites for hydroxylation is 1. The largest absolute Gasteiger partial charge is 0.330 e. The smallest absolute Gasteiger partial charge is 0.208 e. The summed E-state index contributed by atoms with van der Waals surface area (Å²) < 4.78 is 14.4. The molecule has 0 aliphatic carbocycles. The number of hydrogen-bond acceptors (Lipinski definition) is 4. The summed E-state index contributed by atoms with van der Waals surface area (Å²) in [6, 6.07) is 3.13. The number of nitrogens with zero attached hydrogens (tertiary/aromatic N) is 1. The molecular formula is C9H7BrFN3S2. The Labute approximate surface area is 109 Å². The third-order valence-electron chi connectivity index (χ3n) is 1.95. The van der Waals surface area contributed by atoms with Crippen molar-refractivity contribution in [2.45, 2.75) is 6.92 Å². The van der Waals surface area contributed by atoms with Gasteiger partial charge in [0.1, 0.15) is 5.82 Å². The summed E-state index contributed by atoms with van der Waals surface area (Å²) in [6.45, 7) is 1.89. The molecule has 2 N–H and O–H groups in total. The zero-order valence-electron chi connectivity index (χ0n) is 8.17. The first-order valence-corrected chi connectivity index (χ1v) is 6.36. The lowest BCUT2D eigenvalue weighted by Gasteiger charge is -2.07. The number of aromatic amines is 1. The molecule has 7 heteroatoms. The number of anilines is 2. The van der Waals surface area contributed by atoms with Crippen LogP contribution in [0.2, 0.25) is 0 Å². The Hall–Kier alpha value is -0.790. The summed E-state index contributed by atoms with van der Waals surface area (Å²) in [5.41, 5.74) is 1.60. The highest BCUT2D eigenvalue weighted by Crippen LogP contribution is 2.27. The van der Waals surface area contributed by atoms with Crippen molar-refractivity contribution >= 4 is 50.3 Å². The average molecular weight is 320 g/mol. The molecule has 16 heavy (non-hydrogen) atoms. The maximum atomic E-state index is 13.3. The van der Waals surface area contributed by atoms with E-state index in [0.717, 1.165) is 5.56 Å². The van der Waals surface area contributed by atoms with Crippen LogP contribution in [-0.4, -0.2) is 10.2 Å². The quantitative estimate of drug-likeness (QED) is 0.817. The average Bonchev–Trinajstić information content (AvgIpc) is 2.60. The maximum Gasteiger partial charge on any atom is 0.208 e. The lowest BCUT2D eigenvalue weighted by atomic mass is 10.2. The molecule has 2 rings (SSSR count). The predicted molar refractivity (Wildman–Crippen MR) is 69.4 cm³/mol. The molecule has 0 bridgehead atoms. The van der Waals surface area contributed by atoms with Gasteiger partial charge in [0.15, 0.2) is 3.95 Å². The van der Waals surface area contributed by atoms with Crippen molar-refractivity contribution in [2.75, 3.05) is 5.32 Å². The Balaban J connectivity index is 2.34. The fraction of sp³-hybridized carbons (Fsp3) is 0.111. The number of rotatable bonds is 2. The van der Waals surface area contributed by atoms with Crippen LogP contribution in [0.5, 0.6) is 0 Å². The van der Waals surface area contributed by atoms with E-state index >= 15 is 0 Å². The van der Waals surface area contributed by atoms with Crippen LogP contribution in [0.15, 0.2) is 16.6 Å². The van der Waals surface area contributed by atoms with Crippen molar-refractivity contribution in [1.29, 1.82) is 0 Å².